The third kappa shape index (κ3) is 4.54. The maximum atomic E-state index is 13.9. The molecule has 0 atom stereocenters. The highest BCUT2D eigenvalue weighted by Crippen LogP contribution is 2.26. The van der Waals surface area contributed by atoms with Crippen molar-refractivity contribution in [3.63, 3.8) is 0 Å². The molecule has 114 valence electrons. The molecule has 0 unspecified atom stereocenters. The highest BCUT2D eigenvalue weighted by Gasteiger charge is 2.12. The lowest BCUT2D eigenvalue weighted by molar-refractivity contribution is 0.306. The van der Waals surface area contributed by atoms with E-state index in [1.54, 1.807) is 6.20 Å². The normalized spacial score (nSPS) is 10.7. The van der Waals surface area contributed by atoms with Gasteiger partial charge >= 0.3 is 0 Å². The number of unbranched alkanes of at least 4 members (excludes halogenated alkanes) is 1. The van der Waals surface area contributed by atoms with Crippen LogP contribution >= 0.6 is 22.9 Å². The molecule has 1 heterocycles. The molecular formula is C14H15ClF2N2OS. The maximum Gasteiger partial charge on any atom is 0.183 e. The molecule has 2 rings (SSSR count). The van der Waals surface area contributed by atoms with Crippen molar-refractivity contribution in [3.8, 4) is 5.75 Å². The van der Waals surface area contributed by atoms with Crippen molar-refractivity contribution in [2.45, 2.75) is 26.3 Å². The van der Waals surface area contributed by atoms with Crippen molar-refractivity contribution in [3.05, 3.63) is 39.3 Å². The molecule has 0 aliphatic carbocycles. The number of anilines is 1. The van der Waals surface area contributed by atoms with Crippen LogP contribution in [0.25, 0.3) is 0 Å². The molecule has 0 saturated heterocycles. The molecule has 1 aromatic heterocycles. The van der Waals surface area contributed by atoms with E-state index in [0.29, 0.717) is 11.1 Å². The van der Waals surface area contributed by atoms with Crippen molar-refractivity contribution >= 4 is 28.6 Å². The van der Waals surface area contributed by atoms with Crippen LogP contribution in [0.3, 0.4) is 0 Å². The van der Waals surface area contributed by atoms with Gasteiger partial charge in [0.15, 0.2) is 16.1 Å². The van der Waals surface area contributed by atoms with E-state index in [2.05, 4.69) is 10.3 Å². The minimum atomic E-state index is -0.683. The number of thiazole rings is 1. The minimum Gasteiger partial charge on any atom is -0.493 e. The Hall–Kier alpha value is -1.40. The van der Waals surface area contributed by atoms with Crippen LogP contribution in [0.15, 0.2) is 18.3 Å². The van der Waals surface area contributed by atoms with Gasteiger partial charge in [0.25, 0.3) is 0 Å². The van der Waals surface area contributed by atoms with Crippen LogP contribution in [-0.4, -0.2) is 11.6 Å². The Bertz CT molecular complexity index is 583. The number of nitrogens with zero attached hydrogens (tertiary/aromatic N) is 1. The molecule has 0 amide bonds. The molecule has 0 aliphatic heterocycles. The van der Waals surface area contributed by atoms with Gasteiger partial charge in [0.1, 0.15) is 11.4 Å². The Morgan fingerprint density at radius 1 is 1.33 bits per heavy atom. The quantitative estimate of drug-likeness (QED) is 0.735. The fourth-order valence-electron chi connectivity index (χ4n) is 1.68. The number of ether oxygens (including phenoxy) is 1. The average molecular weight is 333 g/mol. The summed E-state index contributed by atoms with van der Waals surface area (Å²) in [4.78, 5) is 4.66. The van der Waals surface area contributed by atoms with Crippen LogP contribution in [0.2, 0.25) is 4.47 Å². The molecule has 21 heavy (non-hydrogen) atoms. The molecule has 0 bridgehead atoms. The van der Waals surface area contributed by atoms with Gasteiger partial charge in [-0.15, -0.1) is 11.3 Å². The first kappa shape index (κ1) is 16.0. The Labute approximate surface area is 130 Å². The van der Waals surface area contributed by atoms with Crippen molar-refractivity contribution in [1.29, 1.82) is 0 Å². The fraction of sp³-hybridized carbons (Fsp3) is 0.357. The van der Waals surface area contributed by atoms with Gasteiger partial charge in [0, 0.05) is 23.2 Å². The predicted octanol–water partition coefficient (Wildman–Crippen LogP) is 4.87. The first-order valence-electron chi connectivity index (χ1n) is 6.56. The Morgan fingerprint density at radius 3 is 2.62 bits per heavy atom. The van der Waals surface area contributed by atoms with E-state index in [4.69, 9.17) is 16.3 Å². The largest absolute Gasteiger partial charge is 0.493 e. The standard InChI is InChI=1S/C14H15ClF2N2OS/c1-2-3-4-20-9-5-11(16)13(12(17)6-9)18-7-10-8-19-14(15)21-10/h5-6,8,18H,2-4,7H2,1H3. The predicted molar refractivity (Wildman–Crippen MR) is 81.2 cm³/mol. The summed E-state index contributed by atoms with van der Waals surface area (Å²) in [5.41, 5.74) is -0.178. The smallest absolute Gasteiger partial charge is 0.183 e. The summed E-state index contributed by atoms with van der Waals surface area (Å²) >= 11 is 6.96. The minimum absolute atomic E-state index is 0.178. The summed E-state index contributed by atoms with van der Waals surface area (Å²) in [7, 11) is 0. The number of hydrogen-bond acceptors (Lipinski definition) is 4. The van der Waals surface area contributed by atoms with Gasteiger partial charge < -0.3 is 10.1 Å². The molecule has 0 aliphatic rings. The first-order valence-corrected chi connectivity index (χ1v) is 7.75. The highest BCUT2D eigenvalue weighted by molar-refractivity contribution is 7.15. The number of hydrogen-bond donors (Lipinski definition) is 1. The van der Waals surface area contributed by atoms with Gasteiger partial charge in [-0.3, -0.25) is 0 Å². The molecule has 1 aromatic carbocycles. The van der Waals surface area contributed by atoms with E-state index in [1.807, 2.05) is 6.92 Å². The van der Waals surface area contributed by atoms with Gasteiger partial charge in [-0.2, -0.15) is 0 Å². The lowest BCUT2D eigenvalue weighted by atomic mass is 10.2. The van der Waals surface area contributed by atoms with E-state index >= 15 is 0 Å². The Morgan fingerprint density at radius 2 is 2.05 bits per heavy atom. The van der Waals surface area contributed by atoms with Crippen molar-refractivity contribution in [2.75, 3.05) is 11.9 Å². The van der Waals surface area contributed by atoms with Gasteiger partial charge in [-0.1, -0.05) is 24.9 Å². The lowest BCUT2D eigenvalue weighted by Crippen LogP contribution is -2.04. The topological polar surface area (TPSA) is 34.1 Å². The second kappa shape index (κ2) is 7.56. The molecule has 1 N–H and O–H groups in total. The van der Waals surface area contributed by atoms with Crippen LogP contribution in [0.5, 0.6) is 5.75 Å². The summed E-state index contributed by atoms with van der Waals surface area (Å²) in [6.07, 6.45) is 3.37. The summed E-state index contributed by atoms with van der Waals surface area (Å²) in [5, 5.41) is 2.71. The molecule has 0 spiro atoms. The number of aromatic nitrogens is 1. The average Bonchev–Trinajstić information content (AvgIpc) is 2.84. The molecular weight excluding hydrogens is 318 g/mol. The van der Waals surface area contributed by atoms with Crippen LogP contribution in [-0.2, 0) is 6.54 Å². The molecule has 0 fully saturated rings. The zero-order valence-corrected chi connectivity index (χ0v) is 13.0. The Kier molecular flexibility index (Phi) is 5.76. The fourth-order valence-corrected chi connectivity index (χ4v) is 2.59. The molecule has 7 heteroatoms. The summed E-state index contributed by atoms with van der Waals surface area (Å²) in [6, 6.07) is 2.36. The van der Waals surface area contributed by atoms with Crippen LogP contribution in [0, 0.1) is 11.6 Å². The number of benzene rings is 1. The SMILES string of the molecule is CCCCOc1cc(F)c(NCc2cnc(Cl)s2)c(F)c1. The summed E-state index contributed by atoms with van der Waals surface area (Å²) in [5.74, 6) is -1.17. The van der Waals surface area contributed by atoms with Crippen molar-refractivity contribution < 1.29 is 13.5 Å². The van der Waals surface area contributed by atoms with Crippen molar-refractivity contribution in [2.24, 2.45) is 0 Å². The molecule has 0 saturated carbocycles. The van der Waals surface area contributed by atoms with E-state index in [-0.39, 0.29) is 18.0 Å². The van der Waals surface area contributed by atoms with E-state index < -0.39 is 11.6 Å². The van der Waals surface area contributed by atoms with Gasteiger partial charge in [-0.25, -0.2) is 13.8 Å². The molecule has 0 radical (unpaired) electrons. The summed E-state index contributed by atoms with van der Waals surface area (Å²) in [6.45, 7) is 2.72. The zero-order chi connectivity index (χ0) is 15.2. The Balaban J connectivity index is 2.02. The first-order chi connectivity index (χ1) is 10.1. The second-order valence-electron chi connectivity index (χ2n) is 4.40. The zero-order valence-electron chi connectivity index (χ0n) is 11.5. The van der Waals surface area contributed by atoms with E-state index in [0.717, 1.165) is 17.7 Å². The van der Waals surface area contributed by atoms with Crippen LogP contribution in [0.1, 0.15) is 24.6 Å². The molecule has 3 nitrogen and oxygen atoms in total. The van der Waals surface area contributed by atoms with Crippen molar-refractivity contribution in [1.82, 2.24) is 4.98 Å². The van der Waals surface area contributed by atoms with Crippen LogP contribution in [0.4, 0.5) is 14.5 Å². The number of rotatable bonds is 7. The lowest BCUT2D eigenvalue weighted by Gasteiger charge is -2.11. The number of nitrogens with one attached hydrogen (secondary N) is 1. The van der Waals surface area contributed by atoms with Gasteiger partial charge in [0.2, 0.25) is 0 Å². The van der Waals surface area contributed by atoms with Gasteiger partial charge in [-0.05, 0) is 6.42 Å². The van der Waals surface area contributed by atoms with Gasteiger partial charge in [0.05, 0.1) is 13.2 Å². The third-order valence-electron chi connectivity index (χ3n) is 2.75. The highest BCUT2D eigenvalue weighted by atomic mass is 35.5. The van der Waals surface area contributed by atoms with E-state index in [1.165, 1.54) is 23.5 Å². The van der Waals surface area contributed by atoms with E-state index in [9.17, 15) is 8.78 Å². The monoisotopic (exact) mass is 332 g/mol. The summed E-state index contributed by atoms with van der Waals surface area (Å²) < 4.78 is 33.5. The maximum absolute atomic E-state index is 13.9. The van der Waals surface area contributed by atoms with Crippen LogP contribution < -0.4 is 10.1 Å². The third-order valence-corrected chi connectivity index (χ3v) is 3.86. The second-order valence-corrected chi connectivity index (χ2v) is 6.09. The molecule has 2 aromatic rings. The number of halogens is 3.